The molecule has 1 saturated heterocycles. The zero-order valence-electron chi connectivity index (χ0n) is 15.6. The zero-order valence-corrected chi connectivity index (χ0v) is 18.0. The minimum atomic E-state index is -1.03. The molecule has 0 aliphatic carbocycles. The molecule has 1 heterocycles. The molecule has 0 unspecified atom stereocenters. The van der Waals surface area contributed by atoms with Crippen LogP contribution >= 0.6 is 27.7 Å². The summed E-state index contributed by atoms with van der Waals surface area (Å²) < 4.78 is 11.8. The van der Waals surface area contributed by atoms with E-state index in [2.05, 4.69) is 26.6 Å². The van der Waals surface area contributed by atoms with Gasteiger partial charge < -0.3 is 14.8 Å². The quantitative estimate of drug-likeness (QED) is 0.261. The molecule has 1 aliphatic rings. The highest BCUT2D eigenvalue weighted by molar-refractivity contribution is 9.10. The zero-order chi connectivity index (χ0) is 20.9. The number of amides is 3. The number of esters is 1. The lowest BCUT2D eigenvalue weighted by molar-refractivity contribution is -0.122. The molecule has 3 amide bonds. The van der Waals surface area contributed by atoms with Gasteiger partial charge in [0.25, 0.3) is 5.91 Å². The lowest BCUT2D eigenvalue weighted by Gasteiger charge is -2.20. The van der Waals surface area contributed by atoms with Gasteiger partial charge >= 0.3 is 12.0 Å². The van der Waals surface area contributed by atoms with Crippen molar-refractivity contribution in [3.63, 3.8) is 0 Å². The Balaban J connectivity index is 1.54. The first-order valence-electron chi connectivity index (χ1n) is 8.78. The van der Waals surface area contributed by atoms with Crippen molar-refractivity contribution in [1.82, 2.24) is 10.6 Å². The second-order valence-corrected chi connectivity index (χ2v) is 8.40. The first-order chi connectivity index (χ1) is 13.9. The summed E-state index contributed by atoms with van der Waals surface area (Å²) in [6.45, 7) is 1.96. The van der Waals surface area contributed by atoms with E-state index < -0.39 is 17.5 Å². The van der Waals surface area contributed by atoms with Crippen LogP contribution in [0.5, 0.6) is 5.75 Å². The third-order valence-electron chi connectivity index (χ3n) is 4.12. The van der Waals surface area contributed by atoms with Crippen molar-refractivity contribution >= 4 is 45.6 Å². The molecule has 0 saturated carbocycles. The number of hydrogen-bond acceptors (Lipinski definition) is 6. The van der Waals surface area contributed by atoms with Crippen LogP contribution in [0.15, 0.2) is 57.9 Å². The minimum Gasteiger partial charge on any atom is -0.490 e. The summed E-state index contributed by atoms with van der Waals surface area (Å²) in [6.07, 6.45) is 0. The lowest BCUT2D eigenvalue weighted by atomic mass is 10.1. The molecule has 0 spiro atoms. The Labute approximate surface area is 180 Å². The van der Waals surface area contributed by atoms with Crippen molar-refractivity contribution in [2.75, 3.05) is 19.0 Å². The predicted octanol–water partition coefficient (Wildman–Crippen LogP) is 3.38. The first-order valence-corrected chi connectivity index (χ1v) is 10.6. The van der Waals surface area contributed by atoms with E-state index in [1.165, 1.54) is 11.8 Å². The molecule has 2 N–H and O–H groups in total. The van der Waals surface area contributed by atoms with Gasteiger partial charge in [0.15, 0.2) is 0 Å². The standard InChI is InChI=1S/C20H19BrN2O5S/c1-20(18(25)22-19(26)23-20)12-29-16-8-3-2-7-15(16)17(24)28-10-9-27-14-6-4-5-13(21)11-14/h2-8,11H,9-10,12H2,1H3,(H2,22,23,25,26)/t20-/m1/s1. The van der Waals surface area contributed by atoms with Gasteiger partial charge in [-0.25, -0.2) is 9.59 Å². The molecule has 152 valence electrons. The molecular formula is C20H19BrN2O5S. The number of imide groups is 1. The van der Waals surface area contributed by atoms with E-state index in [0.717, 1.165) is 4.47 Å². The summed E-state index contributed by atoms with van der Waals surface area (Å²) in [5.74, 6) is 0.0909. The van der Waals surface area contributed by atoms with Crippen LogP contribution in [0.4, 0.5) is 4.79 Å². The fraction of sp³-hybridized carbons (Fsp3) is 0.250. The Morgan fingerprint density at radius 1 is 1.14 bits per heavy atom. The summed E-state index contributed by atoms with van der Waals surface area (Å²) >= 11 is 4.67. The highest BCUT2D eigenvalue weighted by atomic mass is 79.9. The number of benzene rings is 2. The van der Waals surface area contributed by atoms with Gasteiger partial charge in [-0.1, -0.05) is 34.1 Å². The number of nitrogens with one attached hydrogen (secondary N) is 2. The fourth-order valence-electron chi connectivity index (χ4n) is 2.59. The number of carbonyl (C=O) groups is 3. The van der Waals surface area contributed by atoms with E-state index >= 15 is 0 Å². The van der Waals surface area contributed by atoms with Crippen LogP contribution in [-0.2, 0) is 9.53 Å². The summed E-state index contributed by atoms with van der Waals surface area (Å²) in [7, 11) is 0. The number of thioether (sulfide) groups is 1. The van der Waals surface area contributed by atoms with Gasteiger partial charge in [0.05, 0.1) is 5.56 Å². The Morgan fingerprint density at radius 3 is 2.66 bits per heavy atom. The van der Waals surface area contributed by atoms with Crippen LogP contribution in [0, 0.1) is 0 Å². The molecule has 9 heteroatoms. The van der Waals surface area contributed by atoms with E-state index in [9.17, 15) is 14.4 Å². The summed E-state index contributed by atoms with van der Waals surface area (Å²) in [5, 5.41) is 4.83. The molecule has 7 nitrogen and oxygen atoms in total. The van der Waals surface area contributed by atoms with Gasteiger partial charge in [0.2, 0.25) is 0 Å². The number of urea groups is 1. The van der Waals surface area contributed by atoms with Crippen molar-refractivity contribution in [3.8, 4) is 5.75 Å². The maximum atomic E-state index is 12.5. The average molecular weight is 479 g/mol. The highest BCUT2D eigenvalue weighted by Crippen LogP contribution is 2.28. The van der Waals surface area contributed by atoms with Crippen LogP contribution in [-0.4, -0.2) is 42.4 Å². The third kappa shape index (κ3) is 5.51. The van der Waals surface area contributed by atoms with E-state index in [1.54, 1.807) is 31.2 Å². The van der Waals surface area contributed by atoms with Crippen LogP contribution in [0.1, 0.15) is 17.3 Å². The predicted molar refractivity (Wildman–Crippen MR) is 112 cm³/mol. The van der Waals surface area contributed by atoms with Gasteiger partial charge in [0, 0.05) is 15.1 Å². The molecule has 1 aliphatic heterocycles. The Bertz CT molecular complexity index is 939. The number of ether oxygens (including phenoxy) is 2. The molecule has 2 aromatic carbocycles. The number of carbonyl (C=O) groups excluding carboxylic acids is 3. The van der Waals surface area contributed by atoms with Crippen LogP contribution < -0.4 is 15.4 Å². The molecule has 1 atom stereocenters. The normalized spacial score (nSPS) is 18.1. The van der Waals surface area contributed by atoms with E-state index in [4.69, 9.17) is 9.47 Å². The smallest absolute Gasteiger partial charge is 0.339 e. The summed E-state index contributed by atoms with van der Waals surface area (Å²) in [5.41, 5.74) is -0.635. The average Bonchev–Trinajstić information content (AvgIpc) is 2.95. The van der Waals surface area contributed by atoms with Crippen LogP contribution in [0.3, 0.4) is 0 Å². The van der Waals surface area contributed by atoms with E-state index in [1.807, 2.05) is 24.3 Å². The van der Waals surface area contributed by atoms with Gasteiger partial charge in [0.1, 0.15) is 24.5 Å². The van der Waals surface area contributed by atoms with Crippen molar-refractivity contribution < 1.29 is 23.9 Å². The molecule has 1 fully saturated rings. The number of rotatable bonds is 8. The van der Waals surface area contributed by atoms with Crippen molar-refractivity contribution in [2.24, 2.45) is 0 Å². The second kappa shape index (κ2) is 9.32. The molecule has 3 rings (SSSR count). The Kier molecular flexibility index (Phi) is 6.81. The number of halogens is 1. The van der Waals surface area contributed by atoms with Gasteiger partial charge in [-0.2, -0.15) is 0 Å². The fourth-order valence-corrected chi connectivity index (χ4v) is 4.10. The van der Waals surface area contributed by atoms with Crippen molar-refractivity contribution in [2.45, 2.75) is 17.4 Å². The lowest BCUT2D eigenvalue weighted by Crippen LogP contribution is -2.46. The van der Waals surface area contributed by atoms with Crippen LogP contribution in [0.25, 0.3) is 0 Å². The molecule has 0 bridgehead atoms. The minimum absolute atomic E-state index is 0.0977. The van der Waals surface area contributed by atoms with Gasteiger partial charge in [-0.05, 0) is 37.3 Å². The molecule has 29 heavy (non-hydrogen) atoms. The van der Waals surface area contributed by atoms with E-state index in [-0.39, 0.29) is 24.9 Å². The van der Waals surface area contributed by atoms with Crippen LogP contribution in [0.2, 0.25) is 0 Å². The topological polar surface area (TPSA) is 93.7 Å². The van der Waals surface area contributed by atoms with Gasteiger partial charge in [-0.3, -0.25) is 10.1 Å². The monoisotopic (exact) mass is 478 g/mol. The molecule has 0 aromatic heterocycles. The van der Waals surface area contributed by atoms with Crippen molar-refractivity contribution in [3.05, 3.63) is 58.6 Å². The largest absolute Gasteiger partial charge is 0.490 e. The molecule has 2 aromatic rings. The SMILES string of the molecule is C[C@]1(CSc2ccccc2C(=O)OCCOc2cccc(Br)c2)NC(=O)NC1=O. The first kappa shape index (κ1) is 21.2. The van der Waals surface area contributed by atoms with E-state index in [0.29, 0.717) is 16.2 Å². The Hall–Kier alpha value is -2.52. The molecule has 0 radical (unpaired) electrons. The third-order valence-corrected chi connectivity index (χ3v) is 6.00. The summed E-state index contributed by atoms with van der Waals surface area (Å²) in [6, 6.07) is 13.8. The summed E-state index contributed by atoms with van der Waals surface area (Å²) in [4.78, 5) is 36.5. The highest BCUT2D eigenvalue weighted by Gasteiger charge is 2.41. The van der Waals surface area contributed by atoms with Gasteiger partial charge in [-0.15, -0.1) is 11.8 Å². The molecular weight excluding hydrogens is 460 g/mol. The maximum Gasteiger partial charge on any atom is 0.339 e. The number of hydrogen-bond donors (Lipinski definition) is 2. The Morgan fingerprint density at radius 2 is 1.93 bits per heavy atom. The maximum absolute atomic E-state index is 12.5. The van der Waals surface area contributed by atoms with Crippen molar-refractivity contribution in [1.29, 1.82) is 0 Å². The second-order valence-electron chi connectivity index (χ2n) is 6.47.